The molecule has 138 valence electrons. The van der Waals surface area contributed by atoms with E-state index in [1.54, 1.807) is 30.3 Å². The SMILES string of the molecule is CN(c1ccc([N+](=O)[O-])cc1)c1nc(-c2ccccc2)ncc1C(F)(F)F. The van der Waals surface area contributed by atoms with E-state index in [1.807, 2.05) is 0 Å². The van der Waals surface area contributed by atoms with Gasteiger partial charge in [0.05, 0.1) is 4.92 Å². The van der Waals surface area contributed by atoms with Crippen LogP contribution in [0.15, 0.2) is 60.8 Å². The lowest BCUT2D eigenvalue weighted by atomic mass is 10.2. The average molecular weight is 374 g/mol. The minimum atomic E-state index is -4.65. The normalized spacial score (nSPS) is 11.3. The zero-order chi connectivity index (χ0) is 19.6. The molecule has 1 heterocycles. The largest absolute Gasteiger partial charge is 0.421 e. The summed E-state index contributed by atoms with van der Waals surface area (Å²) in [6, 6.07) is 13.8. The first-order valence-electron chi connectivity index (χ1n) is 7.75. The van der Waals surface area contributed by atoms with Gasteiger partial charge in [-0.05, 0) is 12.1 Å². The number of nitrogens with zero attached hydrogens (tertiary/aromatic N) is 4. The van der Waals surface area contributed by atoms with Crippen molar-refractivity contribution in [2.45, 2.75) is 6.18 Å². The van der Waals surface area contributed by atoms with Crippen LogP contribution in [-0.4, -0.2) is 21.9 Å². The topological polar surface area (TPSA) is 72.2 Å². The number of halogens is 3. The van der Waals surface area contributed by atoms with Gasteiger partial charge >= 0.3 is 6.18 Å². The zero-order valence-electron chi connectivity index (χ0n) is 14.0. The third kappa shape index (κ3) is 3.86. The van der Waals surface area contributed by atoms with Crippen LogP contribution in [0.3, 0.4) is 0 Å². The summed E-state index contributed by atoms with van der Waals surface area (Å²) in [5.74, 6) is -0.197. The maximum Gasteiger partial charge on any atom is 0.421 e. The van der Waals surface area contributed by atoms with Crippen molar-refractivity contribution >= 4 is 17.2 Å². The summed E-state index contributed by atoms with van der Waals surface area (Å²) in [5, 5.41) is 10.8. The second-order valence-electron chi connectivity index (χ2n) is 5.63. The zero-order valence-corrected chi connectivity index (χ0v) is 14.0. The molecule has 0 bridgehead atoms. The summed E-state index contributed by atoms with van der Waals surface area (Å²) < 4.78 is 40.3. The smallest absolute Gasteiger partial charge is 0.329 e. The van der Waals surface area contributed by atoms with E-state index in [0.717, 1.165) is 6.20 Å². The Bertz CT molecular complexity index is 961. The first-order chi connectivity index (χ1) is 12.8. The molecule has 3 rings (SSSR count). The molecular formula is C18H13F3N4O2. The number of nitro benzene ring substituents is 1. The van der Waals surface area contributed by atoms with Crippen molar-refractivity contribution in [2.75, 3.05) is 11.9 Å². The molecule has 9 heteroatoms. The van der Waals surface area contributed by atoms with Crippen molar-refractivity contribution < 1.29 is 18.1 Å². The van der Waals surface area contributed by atoms with Crippen molar-refractivity contribution in [3.63, 3.8) is 0 Å². The van der Waals surface area contributed by atoms with Crippen LogP contribution in [0.25, 0.3) is 11.4 Å². The number of rotatable bonds is 4. The molecule has 2 aromatic carbocycles. The van der Waals surface area contributed by atoms with Gasteiger partial charge in [-0.2, -0.15) is 13.2 Å². The molecule has 27 heavy (non-hydrogen) atoms. The molecular weight excluding hydrogens is 361 g/mol. The Hall–Kier alpha value is -3.49. The number of aromatic nitrogens is 2. The van der Waals surface area contributed by atoms with Crippen LogP contribution >= 0.6 is 0 Å². The highest BCUT2D eigenvalue weighted by Gasteiger charge is 2.36. The minimum Gasteiger partial charge on any atom is -0.329 e. The molecule has 0 unspecified atom stereocenters. The van der Waals surface area contributed by atoms with Crippen molar-refractivity contribution in [3.05, 3.63) is 76.5 Å². The number of hydrogen-bond acceptors (Lipinski definition) is 5. The summed E-state index contributed by atoms with van der Waals surface area (Å²) in [7, 11) is 1.41. The van der Waals surface area contributed by atoms with Gasteiger partial charge in [-0.25, -0.2) is 9.97 Å². The number of non-ortho nitro benzene ring substituents is 1. The van der Waals surface area contributed by atoms with E-state index < -0.39 is 16.7 Å². The van der Waals surface area contributed by atoms with E-state index >= 15 is 0 Å². The molecule has 0 fully saturated rings. The molecule has 6 nitrogen and oxygen atoms in total. The molecule has 0 amide bonds. The molecule has 0 radical (unpaired) electrons. The average Bonchev–Trinajstić information content (AvgIpc) is 2.67. The molecule has 0 saturated heterocycles. The maximum absolute atomic E-state index is 13.4. The van der Waals surface area contributed by atoms with Gasteiger partial charge in [-0.15, -0.1) is 0 Å². The molecule has 0 saturated carbocycles. The fourth-order valence-electron chi connectivity index (χ4n) is 2.48. The van der Waals surface area contributed by atoms with Crippen molar-refractivity contribution in [2.24, 2.45) is 0 Å². The van der Waals surface area contributed by atoms with Gasteiger partial charge in [0.1, 0.15) is 11.4 Å². The highest BCUT2D eigenvalue weighted by Crippen LogP contribution is 2.38. The number of hydrogen-bond donors (Lipinski definition) is 0. The maximum atomic E-state index is 13.4. The van der Waals surface area contributed by atoms with E-state index in [9.17, 15) is 23.3 Å². The summed E-state index contributed by atoms with van der Waals surface area (Å²) in [6.07, 6.45) is -3.91. The molecule has 1 aromatic heterocycles. The number of alkyl halides is 3. The first-order valence-corrected chi connectivity index (χ1v) is 7.75. The lowest BCUT2D eigenvalue weighted by molar-refractivity contribution is -0.384. The van der Waals surface area contributed by atoms with Crippen LogP contribution in [0.4, 0.5) is 30.4 Å². The van der Waals surface area contributed by atoms with Gasteiger partial charge in [0.15, 0.2) is 5.82 Å². The highest BCUT2D eigenvalue weighted by atomic mass is 19.4. The lowest BCUT2D eigenvalue weighted by Crippen LogP contribution is -2.19. The fourth-order valence-corrected chi connectivity index (χ4v) is 2.48. The lowest BCUT2D eigenvalue weighted by Gasteiger charge is -2.22. The Labute approximate surface area is 152 Å². The van der Waals surface area contributed by atoms with Crippen LogP contribution in [0.5, 0.6) is 0 Å². The van der Waals surface area contributed by atoms with Crippen molar-refractivity contribution in [1.82, 2.24) is 9.97 Å². The Morgan fingerprint density at radius 2 is 1.67 bits per heavy atom. The second kappa shape index (κ2) is 7.02. The summed E-state index contributed by atoms with van der Waals surface area (Å²) >= 11 is 0. The predicted octanol–water partition coefficient (Wildman–Crippen LogP) is 4.84. The van der Waals surface area contributed by atoms with Crippen LogP contribution < -0.4 is 4.90 Å². The quantitative estimate of drug-likeness (QED) is 0.483. The van der Waals surface area contributed by atoms with Crippen LogP contribution in [0, 0.1) is 10.1 Å². The third-order valence-electron chi connectivity index (χ3n) is 3.87. The second-order valence-corrected chi connectivity index (χ2v) is 5.63. The van der Waals surface area contributed by atoms with E-state index in [2.05, 4.69) is 9.97 Å². The summed E-state index contributed by atoms with van der Waals surface area (Å²) in [4.78, 5) is 19.4. The van der Waals surface area contributed by atoms with Crippen molar-refractivity contribution in [1.29, 1.82) is 0 Å². The minimum absolute atomic E-state index is 0.146. The van der Waals surface area contributed by atoms with E-state index in [0.29, 0.717) is 11.3 Å². The van der Waals surface area contributed by atoms with Gasteiger partial charge in [0.2, 0.25) is 0 Å². The van der Waals surface area contributed by atoms with E-state index in [-0.39, 0.29) is 17.3 Å². The summed E-state index contributed by atoms with van der Waals surface area (Å²) in [5.41, 5.74) is -0.257. The van der Waals surface area contributed by atoms with Gasteiger partial charge in [-0.3, -0.25) is 10.1 Å². The number of anilines is 2. The van der Waals surface area contributed by atoms with E-state index in [1.165, 1.54) is 36.2 Å². The molecule has 0 aliphatic carbocycles. The monoisotopic (exact) mass is 374 g/mol. The Kier molecular flexibility index (Phi) is 4.76. The van der Waals surface area contributed by atoms with Gasteiger partial charge in [0.25, 0.3) is 5.69 Å². The van der Waals surface area contributed by atoms with Gasteiger partial charge < -0.3 is 4.90 Å². The van der Waals surface area contributed by atoms with Crippen molar-refractivity contribution in [3.8, 4) is 11.4 Å². The molecule has 0 atom stereocenters. The Morgan fingerprint density at radius 1 is 1.04 bits per heavy atom. The highest BCUT2D eigenvalue weighted by molar-refractivity contribution is 5.66. The molecule has 0 spiro atoms. The van der Waals surface area contributed by atoms with E-state index in [4.69, 9.17) is 0 Å². The number of benzene rings is 2. The molecule has 0 N–H and O–H groups in total. The summed E-state index contributed by atoms with van der Waals surface area (Å²) in [6.45, 7) is 0. The van der Waals surface area contributed by atoms with Gasteiger partial charge in [-0.1, -0.05) is 30.3 Å². The molecule has 0 aliphatic heterocycles. The van der Waals surface area contributed by atoms with Crippen LogP contribution in [0.2, 0.25) is 0 Å². The van der Waals surface area contributed by atoms with Crippen LogP contribution in [0.1, 0.15) is 5.56 Å². The Morgan fingerprint density at radius 3 is 2.22 bits per heavy atom. The van der Waals surface area contributed by atoms with Gasteiger partial charge in [0, 0.05) is 36.6 Å². The Balaban J connectivity index is 2.09. The third-order valence-corrected chi connectivity index (χ3v) is 3.87. The predicted molar refractivity (Wildman–Crippen MR) is 93.6 cm³/mol. The molecule has 3 aromatic rings. The molecule has 0 aliphatic rings. The first kappa shape index (κ1) is 18.3. The fraction of sp³-hybridized carbons (Fsp3) is 0.111. The number of nitro groups is 1. The standard InChI is InChI=1S/C18H13F3N4O2/c1-24(13-7-9-14(10-8-13)25(26)27)17-15(18(19,20)21)11-22-16(23-17)12-5-3-2-4-6-12/h2-11H,1H3. The van der Waals surface area contributed by atoms with Crippen LogP contribution in [-0.2, 0) is 6.18 Å².